The summed E-state index contributed by atoms with van der Waals surface area (Å²) in [5.74, 6) is 1.42. The fourth-order valence-electron chi connectivity index (χ4n) is 4.97. The summed E-state index contributed by atoms with van der Waals surface area (Å²) in [7, 11) is 0. The van der Waals surface area contributed by atoms with E-state index in [2.05, 4.69) is 54.8 Å². The molecule has 170 valence electrons. The van der Waals surface area contributed by atoms with Crippen molar-refractivity contribution in [3.63, 3.8) is 0 Å². The highest BCUT2D eigenvalue weighted by Gasteiger charge is 2.34. The molecule has 1 amide bonds. The molecular formula is C28H37N3O. The molecule has 4 heteroatoms. The van der Waals surface area contributed by atoms with Crippen molar-refractivity contribution in [2.75, 3.05) is 11.4 Å². The van der Waals surface area contributed by atoms with Crippen molar-refractivity contribution >= 4 is 22.6 Å². The summed E-state index contributed by atoms with van der Waals surface area (Å²) in [6.45, 7) is 6.04. The van der Waals surface area contributed by atoms with E-state index in [0.29, 0.717) is 13.0 Å². The molecule has 0 N–H and O–H groups in total. The lowest BCUT2D eigenvalue weighted by atomic mass is 10.1. The van der Waals surface area contributed by atoms with E-state index >= 15 is 0 Å². The van der Waals surface area contributed by atoms with Crippen LogP contribution < -0.4 is 4.90 Å². The first-order chi connectivity index (χ1) is 15.7. The first-order valence-corrected chi connectivity index (χ1v) is 12.5. The Kier molecular flexibility index (Phi) is 7.62. The zero-order chi connectivity index (χ0) is 22.3. The second-order valence-electron chi connectivity index (χ2n) is 9.33. The molecule has 4 nitrogen and oxygen atoms in total. The van der Waals surface area contributed by atoms with Gasteiger partial charge in [-0.2, -0.15) is 0 Å². The number of imidazole rings is 1. The van der Waals surface area contributed by atoms with Gasteiger partial charge in [0.15, 0.2) is 0 Å². The number of carbonyl (C=O) groups excluding carboxylic acids is 1. The van der Waals surface area contributed by atoms with Gasteiger partial charge in [-0.1, -0.05) is 76.1 Å². The highest BCUT2D eigenvalue weighted by Crippen LogP contribution is 2.33. The van der Waals surface area contributed by atoms with Gasteiger partial charge in [0.05, 0.1) is 11.0 Å². The average Bonchev–Trinajstić information content (AvgIpc) is 3.36. The van der Waals surface area contributed by atoms with Crippen LogP contribution in [0.4, 0.5) is 5.69 Å². The standard InChI is InChI=1S/C28H37N3O/c1-3-4-5-6-7-8-9-12-18-30-26-17-11-10-16-25(26)29-28(30)23-20-27(32)31(21-23)24-15-13-14-22(2)19-24/h10-11,13-17,19,23H,3-9,12,18,20-21H2,1-2H3. The molecule has 32 heavy (non-hydrogen) atoms. The van der Waals surface area contributed by atoms with E-state index in [9.17, 15) is 4.79 Å². The van der Waals surface area contributed by atoms with Crippen LogP contribution >= 0.6 is 0 Å². The number of anilines is 1. The molecule has 1 aromatic heterocycles. The summed E-state index contributed by atoms with van der Waals surface area (Å²) in [5.41, 5.74) is 4.43. The monoisotopic (exact) mass is 431 g/mol. The van der Waals surface area contributed by atoms with Crippen LogP contribution in [0.15, 0.2) is 48.5 Å². The summed E-state index contributed by atoms with van der Waals surface area (Å²) in [5, 5.41) is 0. The first-order valence-electron chi connectivity index (χ1n) is 12.5. The van der Waals surface area contributed by atoms with Gasteiger partial charge < -0.3 is 9.47 Å². The minimum Gasteiger partial charge on any atom is -0.328 e. The summed E-state index contributed by atoms with van der Waals surface area (Å²) in [6.07, 6.45) is 11.0. The van der Waals surface area contributed by atoms with Crippen LogP contribution in [0, 0.1) is 6.92 Å². The number of aromatic nitrogens is 2. The maximum Gasteiger partial charge on any atom is 0.227 e. The molecule has 0 radical (unpaired) electrons. The Balaban J connectivity index is 1.45. The Morgan fingerprint density at radius 2 is 1.69 bits per heavy atom. The average molecular weight is 432 g/mol. The van der Waals surface area contributed by atoms with Crippen LogP contribution in [0.3, 0.4) is 0 Å². The molecule has 1 atom stereocenters. The number of hydrogen-bond acceptors (Lipinski definition) is 2. The first kappa shape index (κ1) is 22.6. The predicted octanol–water partition coefficient (Wildman–Crippen LogP) is 7.01. The van der Waals surface area contributed by atoms with Gasteiger partial charge in [-0.15, -0.1) is 0 Å². The Morgan fingerprint density at radius 3 is 2.47 bits per heavy atom. The van der Waals surface area contributed by atoms with Crippen LogP contribution in [0.25, 0.3) is 11.0 Å². The number of fused-ring (bicyclic) bond motifs is 1. The number of amides is 1. The second-order valence-corrected chi connectivity index (χ2v) is 9.33. The molecule has 2 heterocycles. The third kappa shape index (κ3) is 5.23. The van der Waals surface area contributed by atoms with Crippen LogP contribution in [0.1, 0.15) is 82.0 Å². The van der Waals surface area contributed by atoms with Crippen molar-refractivity contribution in [1.29, 1.82) is 0 Å². The van der Waals surface area contributed by atoms with E-state index < -0.39 is 0 Å². The van der Waals surface area contributed by atoms with E-state index in [-0.39, 0.29) is 11.8 Å². The molecule has 1 unspecified atom stereocenters. The van der Waals surface area contributed by atoms with Crippen LogP contribution in [-0.2, 0) is 11.3 Å². The second kappa shape index (κ2) is 10.8. The van der Waals surface area contributed by atoms with Crippen LogP contribution in [0.2, 0.25) is 0 Å². The van der Waals surface area contributed by atoms with Crippen LogP contribution in [0.5, 0.6) is 0 Å². The minimum atomic E-state index is 0.143. The molecule has 3 aromatic rings. The molecule has 0 spiro atoms. The number of rotatable bonds is 11. The van der Waals surface area contributed by atoms with Crippen molar-refractivity contribution < 1.29 is 4.79 Å². The SMILES string of the molecule is CCCCCCCCCCn1c(C2CC(=O)N(c3cccc(C)c3)C2)nc2ccccc21. The lowest BCUT2D eigenvalue weighted by molar-refractivity contribution is -0.117. The van der Waals surface area contributed by atoms with Gasteiger partial charge in [-0.3, -0.25) is 4.79 Å². The molecule has 2 aromatic carbocycles. The van der Waals surface area contributed by atoms with Crippen molar-refractivity contribution in [2.45, 2.75) is 84.1 Å². The highest BCUT2D eigenvalue weighted by atomic mass is 16.2. The summed E-state index contributed by atoms with van der Waals surface area (Å²) in [4.78, 5) is 19.8. The molecule has 1 saturated heterocycles. The largest absolute Gasteiger partial charge is 0.328 e. The Labute approximate surface area is 192 Å². The van der Waals surface area contributed by atoms with Gasteiger partial charge in [-0.05, 0) is 43.2 Å². The third-order valence-electron chi connectivity index (χ3n) is 6.72. The molecular weight excluding hydrogens is 394 g/mol. The Hall–Kier alpha value is -2.62. The summed E-state index contributed by atoms with van der Waals surface area (Å²) < 4.78 is 2.39. The number of aryl methyl sites for hydroxylation is 2. The fourth-order valence-corrected chi connectivity index (χ4v) is 4.97. The van der Waals surface area contributed by atoms with Gasteiger partial charge >= 0.3 is 0 Å². The van der Waals surface area contributed by atoms with Crippen molar-refractivity contribution in [2.24, 2.45) is 0 Å². The quantitative estimate of drug-likeness (QED) is 0.306. The van der Waals surface area contributed by atoms with Gasteiger partial charge in [-0.25, -0.2) is 4.98 Å². The molecule has 4 rings (SSSR count). The highest BCUT2D eigenvalue weighted by molar-refractivity contribution is 5.96. The van der Waals surface area contributed by atoms with Crippen molar-refractivity contribution in [1.82, 2.24) is 9.55 Å². The number of unbranched alkanes of at least 4 members (excludes halogenated alkanes) is 7. The smallest absolute Gasteiger partial charge is 0.227 e. The number of benzene rings is 2. The number of carbonyl (C=O) groups is 1. The molecule has 0 bridgehead atoms. The van der Waals surface area contributed by atoms with Gasteiger partial charge in [0, 0.05) is 31.1 Å². The lowest BCUT2D eigenvalue weighted by Gasteiger charge is -2.18. The lowest BCUT2D eigenvalue weighted by Crippen LogP contribution is -2.24. The molecule has 0 saturated carbocycles. The maximum atomic E-state index is 12.9. The van der Waals surface area contributed by atoms with Crippen molar-refractivity contribution in [3.8, 4) is 0 Å². The normalized spacial score (nSPS) is 16.4. The predicted molar refractivity (Wildman–Crippen MR) is 133 cm³/mol. The zero-order valence-electron chi connectivity index (χ0n) is 19.7. The maximum absolute atomic E-state index is 12.9. The fraction of sp³-hybridized carbons (Fsp3) is 0.500. The molecule has 1 aliphatic heterocycles. The summed E-state index contributed by atoms with van der Waals surface area (Å²) >= 11 is 0. The number of hydrogen-bond donors (Lipinski definition) is 0. The van der Waals surface area contributed by atoms with Crippen molar-refractivity contribution in [3.05, 3.63) is 59.9 Å². The van der Waals surface area contributed by atoms with Crippen LogP contribution in [-0.4, -0.2) is 22.0 Å². The van der Waals surface area contributed by atoms with Gasteiger partial charge in [0.2, 0.25) is 5.91 Å². The Bertz CT molecular complexity index is 1040. The van der Waals surface area contributed by atoms with Gasteiger partial charge in [0.1, 0.15) is 5.82 Å². The molecule has 1 aliphatic rings. The molecule has 1 fully saturated rings. The Morgan fingerprint density at radius 1 is 0.938 bits per heavy atom. The van der Waals surface area contributed by atoms with E-state index in [4.69, 9.17) is 4.98 Å². The van der Waals surface area contributed by atoms with Gasteiger partial charge in [0.25, 0.3) is 0 Å². The topological polar surface area (TPSA) is 38.1 Å². The number of nitrogens with zero attached hydrogens (tertiary/aromatic N) is 3. The van der Waals surface area contributed by atoms with E-state index in [1.807, 2.05) is 17.0 Å². The van der Waals surface area contributed by atoms with E-state index in [1.165, 1.54) is 62.4 Å². The van der Waals surface area contributed by atoms with E-state index in [1.54, 1.807) is 0 Å². The minimum absolute atomic E-state index is 0.143. The molecule has 0 aliphatic carbocycles. The zero-order valence-corrected chi connectivity index (χ0v) is 19.7. The third-order valence-corrected chi connectivity index (χ3v) is 6.72. The number of para-hydroxylation sites is 2. The summed E-state index contributed by atoms with van der Waals surface area (Å²) in [6, 6.07) is 16.7. The van der Waals surface area contributed by atoms with E-state index in [0.717, 1.165) is 23.6 Å².